The van der Waals surface area contributed by atoms with Crippen molar-refractivity contribution in [3.8, 4) is 0 Å². The van der Waals surface area contributed by atoms with Crippen molar-refractivity contribution in [2.24, 2.45) is 7.05 Å². The Labute approximate surface area is 123 Å². The minimum atomic E-state index is -0.0284. The number of nitrogens with zero attached hydrogens (tertiary/aromatic N) is 4. The van der Waals surface area contributed by atoms with E-state index in [2.05, 4.69) is 16.9 Å². The summed E-state index contributed by atoms with van der Waals surface area (Å²) in [4.78, 5) is 16.4. The third-order valence-electron chi connectivity index (χ3n) is 4.09. The van der Waals surface area contributed by atoms with Crippen LogP contribution in [-0.4, -0.2) is 46.8 Å². The van der Waals surface area contributed by atoms with Gasteiger partial charge in [0.25, 0.3) is 5.91 Å². The topological polar surface area (TPSA) is 54.5 Å². The number of carbonyl (C=O) groups excluding carboxylic acids is 1. The predicted molar refractivity (Wildman–Crippen MR) is 79.5 cm³/mol. The average Bonchev–Trinajstić information content (AvgIpc) is 3.08. The van der Waals surface area contributed by atoms with E-state index < -0.39 is 0 Å². The van der Waals surface area contributed by atoms with Crippen molar-refractivity contribution < 1.29 is 9.21 Å². The number of amides is 1. The van der Waals surface area contributed by atoms with Crippen molar-refractivity contribution in [2.75, 3.05) is 31.1 Å². The molecule has 1 amide bonds. The molecule has 3 heterocycles. The Morgan fingerprint density at radius 3 is 2.48 bits per heavy atom. The molecule has 0 spiro atoms. The third kappa shape index (κ3) is 2.41. The van der Waals surface area contributed by atoms with Crippen molar-refractivity contribution in [3.63, 3.8) is 0 Å². The number of carbonyl (C=O) groups is 1. The molecule has 1 aliphatic heterocycles. The van der Waals surface area contributed by atoms with Crippen LogP contribution < -0.4 is 4.90 Å². The maximum Gasteiger partial charge on any atom is 0.289 e. The highest BCUT2D eigenvalue weighted by Gasteiger charge is 2.26. The number of aromatic nitrogens is 2. The van der Waals surface area contributed by atoms with Crippen molar-refractivity contribution in [2.45, 2.75) is 13.8 Å². The zero-order chi connectivity index (χ0) is 15.0. The Morgan fingerprint density at radius 2 is 1.95 bits per heavy atom. The lowest BCUT2D eigenvalue weighted by Gasteiger charge is -2.35. The first-order valence-corrected chi connectivity index (χ1v) is 7.16. The van der Waals surface area contributed by atoms with Crippen LogP contribution in [0.1, 0.15) is 21.9 Å². The second-order valence-electron chi connectivity index (χ2n) is 5.40. The van der Waals surface area contributed by atoms with Gasteiger partial charge in [0.15, 0.2) is 5.76 Å². The van der Waals surface area contributed by atoms with E-state index in [0.29, 0.717) is 18.8 Å². The van der Waals surface area contributed by atoms with Gasteiger partial charge in [-0.2, -0.15) is 5.10 Å². The molecular formula is C15H20N4O2. The van der Waals surface area contributed by atoms with E-state index in [1.165, 1.54) is 17.6 Å². The van der Waals surface area contributed by atoms with E-state index in [-0.39, 0.29) is 5.91 Å². The molecule has 0 N–H and O–H groups in total. The van der Waals surface area contributed by atoms with E-state index in [1.54, 1.807) is 12.1 Å². The summed E-state index contributed by atoms with van der Waals surface area (Å²) >= 11 is 0. The number of hydrogen-bond acceptors (Lipinski definition) is 4. The number of aryl methyl sites for hydroxylation is 2. The molecule has 112 valence electrons. The van der Waals surface area contributed by atoms with Crippen molar-refractivity contribution in [1.29, 1.82) is 0 Å². The predicted octanol–water partition coefficient (Wildman–Crippen LogP) is 1.59. The molecule has 0 atom stereocenters. The maximum atomic E-state index is 12.2. The van der Waals surface area contributed by atoms with E-state index in [1.807, 2.05) is 23.6 Å². The Balaban J connectivity index is 1.69. The van der Waals surface area contributed by atoms with Crippen LogP contribution >= 0.6 is 0 Å². The van der Waals surface area contributed by atoms with Crippen LogP contribution in [0.4, 0.5) is 5.69 Å². The van der Waals surface area contributed by atoms with Gasteiger partial charge in [0.1, 0.15) is 0 Å². The molecule has 0 saturated carbocycles. The first kappa shape index (κ1) is 13.7. The van der Waals surface area contributed by atoms with E-state index in [0.717, 1.165) is 18.8 Å². The molecule has 6 nitrogen and oxygen atoms in total. The van der Waals surface area contributed by atoms with Crippen LogP contribution in [-0.2, 0) is 7.05 Å². The molecule has 1 fully saturated rings. The number of rotatable bonds is 2. The molecule has 2 aromatic heterocycles. The number of hydrogen-bond donors (Lipinski definition) is 0. The van der Waals surface area contributed by atoms with Gasteiger partial charge in [0, 0.05) is 33.2 Å². The molecule has 0 bridgehead atoms. The largest absolute Gasteiger partial charge is 0.459 e. The van der Waals surface area contributed by atoms with Crippen molar-refractivity contribution >= 4 is 11.6 Å². The highest BCUT2D eigenvalue weighted by atomic mass is 16.3. The summed E-state index contributed by atoms with van der Waals surface area (Å²) < 4.78 is 7.09. The quantitative estimate of drug-likeness (QED) is 0.842. The van der Waals surface area contributed by atoms with Gasteiger partial charge in [0.2, 0.25) is 0 Å². The molecule has 6 heteroatoms. The fraction of sp³-hybridized carbons (Fsp3) is 0.467. The molecule has 1 aliphatic rings. The first-order valence-electron chi connectivity index (χ1n) is 7.16. The minimum Gasteiger partial charge on any atom is -0.459 e. The zero-order valence-corrected chi connectivity index (χ0v) is 12.7. The van der Waals surface area contributed by atoms with Crippen LogP contribution in [0.2, 0.25) is 0 Å². The Morgan fingerprint density at radius 1 is 1.24 bits per heavy atom. The van der Waals surface area contributed by atoms with Crippen molar-refractivity contribution in [1.82, 2.24) is 14.7 Å². The van der Waals surface area contributed by atoms with Gasteiger partial charge in [-0.1, -0.05) is 0 Å². The monoisotopic (exact) mass is 288 g/mol. The summed E-state index contributed by atoms with van der Waals surface area (Å²) in [5.41, 5.74) is 3.40. The van der Waals surface area contributed by atoms with Gasteiger partial charge in [-0.3, -0.25) is 9.48 Å². The number of piperazine rings is 1. The lowest BCUT2D eigenvalue weighted by atomic mass is 10.2. The maximum absolute atomic E-state index is 12.2. The highest BCUT2D eigenvalue weighted by molar-refractivity contribution is 5.91. The SMILES string of the molecule is Cc1nn(C)c(C)c1N1CCN(C(=O)c2ccco2)CC1. The van der Waals surface area contributed by atoms with E-state index >= 15 is 0 Å². The smallest absolute Gasteiger partial charge is 0.289 e. The second kappa shape index (κ2) is 5.27. The van der Waals surface area contributed by atoms with Gasteiger partial charge in [0.05, 0.1) is 23.3 Å². The van der Waals surface area contributed by atoms with Crippen LogP contribution in [0.15, 0.2) is 22.8 Å². The van der Waals surface area contributed by atoms with Gasteiger partial charge in [-0.05, 0) is 26.0 Å². The molecule has 0 aliphatic carbocycles. The molecule has 1 saturated heterocycles. The Bertz CT molecular complexity index is 637. The molecule has 0 aromatic carbocycles. The lowest BCUT2D eigenvalue weighted by molar-refractivity contribution is 0.0714. The Hall–Kier alpha value is -2.24. The minimum absolute atomic E-state index is 0.0284. The molecular weight excluding hydrogens is 268 g/mol. The fourth-order valence-corrected chi connectivity index (χ4v) is 2.91. The zero-order valence-electron chi connectivity index (χ0n) is 12.7. The first-order chi connectivity index (χ1) is 10.1. The summed E-state index contributed by atoms with van der Waals surface area (Å²) in [6.07, 6.45) is 1.53. The van der Waals surface area contributed by atoms with Crippen LogP contribution in [0.5, 0.6) is 0 Å². The standard InChI is InChI=1S/C15H20N4O2/c1-11-14(12(2)17(3)16-11)18-6-8-19(9-7-18)15(20)13-5-4-10-21-13/h4-5,10H,6-9H2,1-3H3. The number of anilines is 1. The average molecular weight is 288 g/mol. The van der Waals surface area contributed by atoms with Gasteiger partial charge in [-0.15, -0.1) is 0 Å². The van der Waals surface area contributed by atoms with Crippen LogP contribution in [0.25, 0.3) is 0 Å². The van der Waals surface area contributed by atoms with Gasteiger partial charge in [-0.25, -0.2) is 0 Å². The molecule has 2 aromatic rings. The summed E-state index contributed by atoms with van der Waals surface area (Å²) in [6.45, 7) is 7.15. The summed E-state index contributed by atoms with van der Waals surface area (Å²) in [5, 5.41) is 4.46. The van der Waals surface area contributed by atoms with E-state index in [9.17, 15) is 4.79 Å². The van der Waals surface area contributed by atoms with Gasteiger partial charge < -0.3 is 14.2 Å². The van der Waals surface area contributed by atoms with E-state index in [4.69, 9.17) is 4.42 Å². The normalized spacial score (nSPS) is 15.6. The molecule has 0 radical (unpaired) electrons. The third-order valence-corrected chi connectivity index (χ3v) is 4.09. The summed E-state index contributed by atoms with van der Waals surface area (Å²) in [7, 11) is 1.96. The van der Waals surface area contributed by atoms with Crippen molar-refractivity contribution in [3.05, 3.63) is 35.5 Å². The summed E-state index contributed by atoms with van der Waals surface area (Å²) in [6, 6.07) is 3.45. The lowest BCUT2D eigenvalue weighted by Crippen LogP contribution is -2.49. The van der Waals surface area contributed by atoms with Gasteiger partial charge >= 0.3 is 0 Å². The molecule has 3 rings (SSSR count). The fourth-order valence-electron chi connectivity index (χ4n) is 2.91. The molecule has 0 unspecified atom stereocenters. The highest BCUT2D eigenvalue weighted by Crippen LogP contribution is 2.25. The van der Waals surface area contributed by atoms with Crippen LogP contribution in [0.3, 0.4) is 0 Å². The number of furan rings is 1. The second-order valence-corrected chi connectivity index (χ2v) is 5.40. The summed E-state index contributed by atoms with van der Waals surface area (Å²) in [5.74, 6) is 0.386. The van der Waals surface area contributed by atoms with Crippen LogP contribution in [0, 0.1) is 13.8 Å². The molecule has 21 heavy (non-hydrogen) atoms. The Kier molecular flexibility index (Phi) is 3.45.